The first-order valence-electron chi connectivity index (χ1n) is 6.08. The minimum Gasteiger partial charge on any atom is -0.376 e. The van der Waals surface area contributed by atoms with Crippen molar-refractivity contribution in [3.05, 3.63) is 63.7 Å². The number of nitro benzene ring substituents is 1. The highest BCUT2D eigenvalue weighted by molar-refractivity contribution is 5.61. The Labute approximate surface area is 120 Å². The molecular formula is C14H11FN4O2. The van der Waals surface area contributed by atoms with E-state index in [0.29, 0.717) is 11.4 Å². The van der Waals surface area contributed by atoms with Gasteiger partial charge in [-0.2, -0.15) is 5.26 Å². The lowest BCUT2D eigenvalue weighted by atomic mass is 10.1. The highest BCUT2D eigenvalue weighted by atomic mass is 19.1. The number of anilines is 1. The largest absolute Gasteiger partial charge is 0.376 e. The molecule has 1 aromatic carbocycles. The van der Waals surface area contributed by atoms with Gasteiger partial charge in [0.15, 0.2) is 0 Å². The Bertz CT molecular complexity index is 710. The lowest BCUT2D eigenvalue weighted by Gasteiger charge is -2.15. The van der Waals surface area contributed by atoms with Crippen LogP contribution in [0.2, 0.25) is 0 Å². The molecule has 21 heavy (non-hydrogen) atoms. The maximum atomic E-state index is 12.8. The van der Waals surface area contributed by atoms with Crippen LogP contribution in [0.3, 0.4) is 0 Å². The van der Waals surface area contributed by atoms with E-state index in [4.69, 9.17) is 5.26 Å². The molecule has 2 aromatic rings. The van der Waals surface area contributed by atoms with E-state index in [1.807, 2.05) is 6.07 Å². The molecule has 106 valence electrons. The van der Waals surface area contributed by atoms with Crippen molar-refractivity contribution in [2.24, 2.45) is 0 Å². The second-order valence-corrected chi connectivity index (χ2v) is 4.37. The van der Waals surface area contributed by atoms with Crippen molar-refractivity contribution in [3.8, 4) is 6.07 Å². The van der Waals surface area contributed by atoms with Gasteiger partial charge in [-0.15, -0.1) is 0 Å². The number of non-ortho nitro benzene ring substituents is 1. The van der Waals surface area contributed by atoms with E-state index in [1.165, 1.54) is 30.3 Å². The van der Waals surface area contributed by atoms with Crippen LogP contribution in [0.25, 0.3) is 0 Å². The molecule has 0 aliphatic carbocycles. The maximum absolute atomic E-state index is 12.8. The number of aromatic nitrogens is 1. The third-order valence-electron chi connectivity index (χ3n) is 2.90. The summed E-state index contributed by atoms with van der Waals surface area (Å²) in [5.74, 6) is -0.431. The predicted octanol–water partition coefficient (Wildman–Crippen LogP) is 3.17. The van der Waals surface area contributed by atoms with Gasteiger partial charge in [-0.25, -0.2) is 4.39 Å². The summed E-state index contributed by atoms with van der Waals surface area (Å²) >= 11 is 0. The summed E-state index contributed by atoms with van der Waals surface area (Å²) < 4.78 is 12.8. The molecule has 0 bridgehead atoms. The van der Waals surface area contributed by atoms with Crippen LogP contribution in [0.5, 0.6) is 0 Å². The fourth-order valence-corrected chi connectivity index (χ4v) is 1.81. The predicted molar refractivity (Wildman–Crippen MR) is 74.0 cm³/mol. The first-order valence-corrected chi connectivity index (χ1v) is 6.08. The van der Waals surface area contributed by atoms with E-state index in [0.717, 1.165) is 6.20 Å². The Kier molecular flexibility index (Phi) is 4.09. The Morgan fingerprint density at radius 2 is 2.19 bits per heavy atom. The lowest BCUT2D eigenvalue weighted by Crippen LogP contribution is -2.09. The van der Waals surface area contributed by atoms with Crippen molar-refractivity contribution in [2.45, 2.75) is 13.0 Å². The van der Waals surface area contributed by atoms with E-state index >= 15 is 0 Å². The van der Waals surface area contributed by atoms with Gasteiger partial charge in [0.05, 0.1) is 34.1 Å². The van der Waals surface area contributed by atoms with Gasteiger partial charge in [0.2, 0.25) is 0 Å². The number of hydrogen-bond acceptors (Lipinski definition) is 5. The first kappa shape index (κ1) is 14.4. The summed E-state index contributed by atoms with van der Waals surface area (Å²) in [6.45, 7) is 1.79. The summed E-state index contributed by atoms with van der Waals surface area (Å²) in [6.07, 6.45) is 1.11. The zero-order chi connectivity index (χ0) is 15.4. The van der Waals surface area contributed by atoms with Crippen LogP contribution in [0.4, 0.5) is 15.8 Å². The minimum absolute atomic E-state index is 0.148. The van der Waals surface area contributed by atoms with Gasteiger partial charge in [0.1, 0.15) is 11.9 Å². The third-order valence-corrected chi connectivity index (χ3v) is 2.90. The summed E-state index contributed by atoms with van der Waals surface area (Å²) in [5.41, 5.74) is 1.07. The van der Waals surface area contributed by atoms with Crippen molar-refractivity contribution in [1.29, 1.82) is 5.26 Å². The molecule has 7 heteroatoms. The van der Waals surface area contributed by atoms with Crippen molar-refractivity contribution in [3.63, 3.8) is 0 Å². The second kappa shape index (κ2) is 5.96. The monoisotopic (exact) mass is 286 g/mol. The molecule has 1 aromatic heterocycles. The van der Waals surface area contributed by atoms with Gasteiger partial charge < -0.3 is 5.32 Å². The number of nitro groups is 1. The van der Waals surface area contributed by atoms with Crippen molar-refractivity contribution in [1.82, 2.24) is 4.98 Å². The molecule has 1 N–H and O–H groups in total. The van der Waals surface area contributed by atoms with Gasteiger partial charge >= 0.3 is 0 Å². The van der Waals surface area contributed by atoms with E-state index in [1.54, 1.807) is 6.92 Å². The summed E-state index contributed by atoms with van der Waals surface area (Å²) in [6, 6.07) is 8.44. The SMILES string of the molecule is CC(Nc1ccc([N+](=O)[O-])cc1C#N)c1ccc(F)cn1. The molecular weight excluding hydrogens is 275 g/mol. The molecule has 1 unspecified atom stereocenters. The zero-order valence-electron chi connectivity index (χ0n) is 11.1. The highest BCUT2D eigenvalue weighted by Crippen LogP contribution is 2.25. The molecule has 0 radical (unpaired) electrons. The van der Waals surface area contributed by atoms with Crippen LogP contribution in [0.15, 0.2) is 36.5 Å². The zero-order valence-corrected chi connectivity index (χ0v) is 11.1. The van der Waals surface area contributed by atoms with E-state index in [9.17, 15) is 14.5 Å². The van der Waals surface area contributed by atoms with Crippen LogP contribution in [-0.2, 0) is 0 Å². The Hall–Kier alpha value is -3.01. The van der Waals surface area contributed by atoms with E-state index in [2.05, 4.69) is 10.3 Å². The molecule has 0 fully saturated rings. The normalized spacial score (nSPS) is 11.5. The molecule has 2 rings (SSSR count). The standard InChI is InChI=1S/C14H11FN4O2/c1-9(13-4-2-11(15)8-17-13)18-14-5-3-12(19(20)21)6-10(14)7-16/h2-6,8-9,18H,1H3. The van der Waals surface area contributed by atoms with Crippen LogP contribution in [0.1, 0.15) is 24.2 Å². The number of pyridine rings is 1. The molecule has 0 aliphatic rings. The summed E-state index contributed by atoms with van der Waals surface area (Å²) in [7, 11) is 0. The number of nitrogens with zero attached hydrogens (tertiary/aromatic N) is 3. The van der Waals surface area contributed by atoms with Crippen molar-refractivity contribution in [2.75, 3.05) is 5.32 Å². The summed E-state index contributed by atoms with van der Waals surface area (Å²) in [5, 5.41) is 22.8. The number of hydrogen-bond donors (Lipinski definition) is 1. The summed E-state index contributed by atoms with van der Waals surface area (Å²) in [4.78, 5) is 14.1. The lowest BCUT2D eigenvalue weighted by molar-refractivity contribution is -0.384. The molecule has 0 saturated heterocycles. The van der Waals surface area contributed by atoms with Gasteiger partial charge in [-0.05, 0) is 25.1 Å². The topological polar surface area (TPSA) is 91.9 Å². The first-order chi connectivity index (χ1) is 10.0. The molecule has 1 atom stereocenters. The number of rotatable bonds is 4. The van der Waals surface area contributed by atoms with E-state index in [-0.39, 0.29) is 17.3 Å². The van der Waals surface area contributed by atoms with Crippen LogP contribution >= 0.6 is 0 Å². The average Bonchev–Trinajstić information content (AvgIpc) is 2.48. The Morgan fingerprint density at radius 1 is 1.43 bits per heavy atom. The van der Waals surface area contributed by atoms with Crippen LogP contribution in [-0.4, -0.2) is 9.91 Å². The molecule has 1 heterocycles. The fraction of sp³-hybridized carbons (Fsp3) is 0.143. The highest BCUT2D eigenvalue weighted by Gasteiger charge is 2.13. The second-order valence-electron chi connectivity index (χ2n) is 4.37. The van der Waals surface area contributed by atoms with Gasteiger partial charge in [-0.3, -0.25) is 15.1 Å². The van der Waals surface area contributed by atoms with Crippen LogP contribution < -0.4 is 5.32 Å². The Morgan fingerprint density at radius 3 is 2.76 bits per heavy atom. The van der Waals surface area contributed by atoms with Gasteiger partial charge in [-0.1, -0.05) is 0 Å². The number of benzene rings is 1. The molecule has 0 aliphatic heterocycles. The molecule has 0 saturated carbocycles. The number of nitrogens with one attached hydrogen (secondary N) is 1. The van der Waals surface area contributed by atoms with E-state index < -0.39 is 10.7 Å². The Balaban J connectivity index is 2.25. The van der Waals surface area contributed by atoms with Crippen molar-refractivity contribution < 1.29 is 9.31 Å². The smallest absolute Gasteiger partial charge is 0.270 e. The average molecular weight is 286 g/mol. The number of halogens is 1. The number of nitriles is 1. The van der Waals surface area contributed by atoms with Gasteiger partial charge in [0.25, 0.3) is 5.69 Å². The fourth-order valence-electron chi connectivity index (χ4n) is 1.81. The molecule has 0 spiro atoms. The minimum atomic E-state index is -0.560. The van der Waals surface area contributed by atoms with Crippen molar-refractivity contribution >= 4 is 11.4 Å². The van der Waals surface area contributed by atoms with Gasteiger partial charge in [0, 0.05) is 12.1 Å². The van der Waals surface area contributed by atoms with Crippen LogP contribution in [0, 0.1) is 27.3 Å². The quantitative estimate of drug-likeness (QED) is 0.688. The molecule has 0 amide bonds. The maximum Gasteiger partial charge on any atom is 0.270 e. The third kappa shape index (κ3) is 3.30. The molecule has 6 nitrogen and oxygen atoms in total.